The van der Waals surface area contributed by atoms with Gasteiger partial charge in [0.05, 0.1) is 15.5 Å². The van der Waals surface area contributed by atoms with Gasteiger partial charge >= 0.3 is 0 Å². The lowest BCUT2D eigenvalue weighted by atomic mass is 9.84. The van der Waals surface area contributed by atoms with Gasteiger partial charge < -0.3 is 4.90 Å². The molecule has 0 unspecified atom stereocenters. The molecule has 1 aromatic carbocycles. The van der Waals surface area contributed by atoms with E-state index < -0.39 is 9.05 Å². The highest BCUT2D eigenvalue weighted by molar-refractivity contribution is 8.13. The molecule has 1 aromatic rings. The molecule has 1 fully saturated rings. The minimum absolute atomic E-state index is 0.00910. The Hall–Kier alpha value is -0.780. The molecule has 1 aliphatic heterocycles. The van der Waals surface area contributed by atoms with Crippen molar-refractivity contribution in [2.24, 2.45) is 5.41 Å². The lowest BCUT2D eigenvalue weighted by Gasteiger charge is -2.38. The zero-order valence-electron chi connectivity index (χ0n) is 11.9. The van der Waals surface area contributed by atoms with Crippen molar-refractivity contribution in [1.29, 1.82) is 0 Å². The predicted octanol–water partition coefficient (Wildman–Crippen LogP) is 3.53. The highest BCUT2D eigenvalue weighted by Gasteiger charge is 2.33. The number of rotatable bonds is 2. The molecule has 1 saturated heterocycles. The number of nitrogens with zero attached hydrogens (tertiary/aromatic N) is 1. The van der Waals surface area contributed by atoms with Crippen LogP contribution in [0, 0.1) is 5.41 Å². The Morgan fingerprint density at radius 3 is 2.57 bits per heavy atom. The predicted molar refractivity (Wildman–Crippen MR) is 83.4 cm³/mol. The molecule has 0 aliphatic carbocycles. The first-order valence-electron chi connectivity index (χ1n) is 6.64. The molecule has 0 atom stereocenters. The number of likely N-dealkylation sites (tertiary alicyclic amines) is 1. The molecular formula is C14H17Cl2NO3S. The van der Waals surface area contributed by atoms with Crippen LogP contribution in [0.15, 0.2) is 23.1 Å². The molecule has 1 heterocycles. The lowest BCUT2D eigenvalue weighted by Crippen LogP contribution is -2.44. The Morgan fingerprint density at radius 1 is 1.33 bits per heavy atom. The molecule has 21 heavy (non-hydrogen) atoms. The fraction of sp³-hybridized carbons (Fsp3) is 0.500. The van der Waals surface area contributed by atoms with Gasteiger partial charge in [-0.15, -0.1) is 0 Å². The quantitative estimate of drug-likeness (QED) is 0.767. The molecule has 1 aliphatic rings. The van der Waals surface area contributed by atoms with Gasteiger partial charge in [-0.1, -0.05) is 31.5 Å². The summed E-state index contributed by atoms with van der Waals surface area (Å²) in [6.07, 6.45) is 1.91. The molecule has 0 spiro atoms. The summed E-state index contributed by atoms with van der Waals surface area (Å²) >= 11 is 6.05. The molecule has 116 valence electrons. The SMILES string of the molecule is CC1(C)CCCN(C(=O)c2c(Cl)cccc2S(=O)(=O)Cl)C1. The van der Waals surface area contributed by atoms with E-state index >= 15 is 0 Å². The van der Waals surface area contributed by atoms with Gasteiger partial charge in [-0.2, -0.15) is 0 Å². The zero-order valence-corrected chi connectivity index (χ0v) is 14.2. The van der Waals surface area contributed by atoms with Gasteiger partial charge in [0, 0.05) is 23.8 Å². The van der Waals surface area contributed by atoms with Crippen molar-refractivity contribution >= 4 is 37.2 Å². The van der Waals surface area contributed by atoms with Gasteiger partial charge in [0.1, 0.15) is 0 Å². The normalized spacial score (nSPS) is 18.6. The summed E-state index contributed by atoms with van der Waals surface area (Å²) in [6.45, 7) is 5.32. The van der Waals surface area contributed by atoms with Gasteiger partial charge in [-0.3, -0.25) is 4.79 Å². The third-order valence-electron chi connectivity index (χ3n) is 3.64. The van der Waals surface area contributed by atoms with Crippen molar-refractivity contribution < 1.29 is 13.2 Å². The largest absolute Gasteiger partial charge is 0.338 e. The van der Waals surface area contributed by atoms with E-state index in [1.54, 1.807) is 4.90 Å². The van der Waals surface area contributed by atoms with Crippen molar-refractivity contribution in [3.63, 3.8) is 0 Å². The minimum atomic E-state index is -4.03. The summed E-state index contributed by atoms with van der Waals surface area (Å²) in [4.78, 5) is 14.1. The van der Waals surface area contributed by atoms with Crippen LogP contribution in [-0.4, -0.2) is 32.3 Å². The van der Waals surface area contributed by atoms with E-state index in [0.717, 1.165) is 12.8 Å². The lowest BCUT2D eigenvalue weighted by molar-refractivity contribution is 0.0580. The van der Waals surface area contributed by atoms with E-state index in [1.807, 2.05) is 0 Å². The molecule has 7 heteroatoms. The Bertz CT molecular complexity index is 671. The number of amides is 1. The highest BCUT2D eigenvalue weighted by atomic mass is 35.7. The Labute approximate surface area is 134 Å². The van der Waals surface area contributed by atoms with Gasteiger partial charge in [-0.05, 0) is 30.4 Å². The number of hydrogen-bond donors (Lipinski definition) is 0. The summed E-state index contributed by atoms with van der Waals surface area (Å²) in [5.41, 5.74) is -0.0262. The first kappa shape index (κ1) is 16.6. The molecule has 0 bridgehead atoms. The van der Waals surface area contributed by atoms with E-state index in [2.05, 4.69) is 13.8 Å². The van der Waals surface area contributed by atoms with Crippen LogP contribution in [0.25, 0.3) is 0 Å². The van der Waals surface area contributed by atoms with Crippen LogP contribution < -0.4 is 0 Å². The average Bonchev–Trinajstić information content (AvgIpc) is 2.35. The summed E-state index contributed by atoms with van der Waals surface area (Å²) in [5.74, 6) is -0.382. The van der Waals surface area contributed by atoms with E-state index in [9.17, 15) is 13.2 Å². The maximum Gasteiger partial charge on any atom is 0.262 e. The average molecular weight is 350 g/mol. The molecule has 2 rings (SSSR count). The van der Waals surface area contributed by atoms with Gasteiger partial charge in [0.2, 0.25) is 0 Å². The van der Waals surface area contributed by atoms with Crippen LogP contribution in [0.2, 0.25) is 5.02 Å². The van der Waals surface area contributed by atoms with E-state index in [-0.39, 0.29) is 26.8 Å². The van der Waals surface area contributed by atoms with Crippen LogP contribution in [0.4, 0.5) is 0 Å². The van der Waals surface area contributed by atoms with Crippen molar-refractivity contribution in [1.82, 2.24) is 4.90 Å². The van der Waals surface area contributed by atoms with Crippen molar-refractivity contribution in [2.75, 3.05) is 13.1 Å². The number of halogens is 2. The third kappa shape index (κ3) is 3.71. The maximum absolute atomic E-state index is 12.7. The molecule has 0 saturated carbocycles. The minimum Gasteiger partial charge on any atom is -0.338 e. The van der Waals surface area contributed by atoms with Gasteiger partial charge in [0.25, 0.3) is 15.0 Å². The Balaban J connectivity index is 2.45. The summed E-state index contributed by atoms with van der Waals surface area (Å²) in [5, 5.41) is 0.102. The second kappa shape index (κ2) is 5.78. The zero-order chi connectivity index (χ0) is 15.8. The van der Waals surface area contributed by atoms with Crippen LogP contribution in [0.3, 0.4) is 0 Å². The second-order valence-corrected chi connectivity index (χ2v) is 8.99. The van der Waals surface area contributed by atoms with Crippen LogP contribution >= 0.6 is 22.3 Å². The molecule has 1 amide bonds. The number of benzene rings is 1. The molecule has 0 N–H and O–H groups in total. The summed E-state index contributed by atoms with van der Waals surface area (Å²) < 4.78 is 23.3. The smallest absolute Gasteiger partial charge is 0.262 e. The van der Waals surface area contributed by atoms with Gasteiger partial charge in [-0.25, -0.2) is 8.42 Å². The standard InChI is InChI=1S/C14H17Cl2NO3S/c1-14(2)7-4-8-17(9-14)13(18)12-10(15)5-3-6-11(12)21(16,19)20/h3,5-6H,4,7-9H2,1-2H3. The van der Waals surface area contributed by atoms with Crippen LogP contribution in [0.5, 0.6) is 0 Å². The Kier molecular flexibility index (Phi) is 4.57. The monoisotopic (exact) mass is 349 g/mol. The summed E-state index contributed by atoms with van der Waals surface area (Å²) in [7, 11) is 1.39. The molecule has 4 nitrogen and oxygen atoms in total. The van der Waals surface area contributed by atoms with E-state index in [4.69, 9.17) is 22.3 Å². The topological polar surface area (TPSA) is 54.5 Å². The first-order chi connectivity index (χ1) is 9.62. The van der Waals surface area contributed by atoms with Crippen molar-refractivity contribution in [3.8, 4) is 0 Å². The first-order valence-corrected chi connectivity index (χ1v) is 9.33. The fourth-order valence-electron chi connectivity index (χ4n) is 2.67. The number of hydrogen-bond acceptors (Lipinski definition) is 3. The number of piperidine rings is 1. The van der Waals surface area contributed by atoms with Crippen LogP contribution in [-0.2, 0) is 9.05 Å². The van der Waals surface area contributed by atoms with E-state index in [1.165, 1.54) is 18.2 Å². The molecular weight excluding hydrogens is 333 g/mol. The van der Waals surface area contributed by atoms with Crippen LogP contribution in [0.1, 0.15) is 37.0 Å². The van der Waals surface area contributed by atoms with Crippen molar-refractivity contribution in [2.45, 2.75) is 31.6 Å². The number of carbonyl (C=O) groups is 1. The fourth-order valence-corrected chi connectivity index (χ4v) is 4.05. The van der Waals surface area contributed by atoms with Gasteiger partial charge in [0.15, 0.2) is 0 Å². The number of carbonyl (C=O) groups excluding carboxylic acids is 1. The van der Waals surface area contributed by atoms with Crippen molar-refractivity contribution in [3.05, 3.63) is 28.8 Å². The third-order valence-corrected chi connectivity index (χ3v) is 5.32. The highest BCUT2D eigenvalue weighted by Crippen LogP contribution is 2.32. The summed E-state index contributed by atoms with van der Waals surface area (Å²) in [6, 6.07) is 4.26. The maximum atomic E-state index is 12.7. The Morgan fingerprint density at radius 2 is 2.00 bits per heavy atom. The second-order valence-electron chi connectivity index (χ2n) is 6.05. The molecule has 0 radical (unpaired) electrons. The molecule has 0 aromatic heterocycles. The van der Waals surface area contributed by atoms with E-state index in [0.29, 0.717) is 13.1 Å².